The molecule has 5 aromatic carbocycles. The van der Waals surface area contributed by atoms with E-state index in [9.17, 15) is 0 Å². The number of aryl methyl sites for hydroxylation is 2. The van der Waals surface area contributed by atoms with Crippen molar-refractivity contribution in [2.45, 2.75) is 26.7 Å². The van der Waals surface area contributed by atoms with Crippen LogP contribution in [-0.4, -0.2) is 0 Å². The van der Waals surface area contributed by atoms with Crippen molar-refractivity contribution in [3.63, 3.8) is 0 Å². The van der Waals surface area contributed by atoms with Gasteiger partial charge in [0, 0.05) is 16.6 Å². The molecule has 0 radical (unpaired) electrons. The maximum atomic E-state index is 4.08. The predicted octanol–water partition coefficient (Wildman–Crippen LogP) is 11.7. The van der Waals surface area contributed by atoms with E-state index in [1.165, 1.54) is 44.2 Å². The van der Waals surface area contributed by atoms with Crippen LogP contribution in [0.25, 0.3) is 22.0 Å². The molecule has 0 unspecified atom stereocenters. The van der Waals surface area contributed by atoms with Gasteiger partial charge in [-0.25, -0.2) is 0 Å². The minimum atomic E-state index is 0.972. The largest absolute Gasteiger partial charge is 0.309 e. The summed E-state index contributed by atoms with van der Waals surface area (Å²) in [6.07, 6.45) is 12.2. The maximum absolute atomic E-state index is 4.08. The Morgan fingerprint density at radius 3 is 2.12 bits per heavy atom. The van der Waals surface area contributed by atoms with Crippen LogP contribution in [0.4, 0.5) is 11.4 Å². The average Bonchev–Trinajstić information content (AvgIpc) is 3.05. The van der Waals surface area contributed by atoms with Gasteiger partial charge >= 0.3 is 0 Å². The summed E-state index contributed by atoms with van der Waals surface area (Å²) in [6.45, 7) is 12.4. The van der Waals surface area contributed by atoms with Crippen LogP contribution in [0.15, 0.2) is 170 Å². The molecule has 0 aliphatic heterocycles. The molecule has 0 spiro atoms. The number of anilines is 2. The summed E-state index contributed by atoms with van der Waals surface area (Å²) >= 11 is 0. The summed E-state index contributed by atoms with van der Waals surface area (Å²) in [4.78, 5) is 2.37. The smallest absolute Gasteiger partial charge is 0.0540 e. The molecule has 0 aliphatic carbocycles. The van der Waals surface area contributed by atoms with Gasteiger partial charge in [0.25, 0.3) is 0 Å². The van der Waals surface area contributed by atoms with Crippen molar-refractivity contribution < 1.29 is 0 Å². The lowest BCUT2D eigenvalue weighted by atomic mass is 9.98. The van der Waals surface area contributed by atoms with E-state index < -0.39 is 0 Å². The molecular formula is C42H39N. The number of hydrogen-bond acceptors (Lipinski definition) is 1. The van der Waals surface area contributed by atoms with Gasteiger partial charge in [-0.2, -0.15) is 0 Å². The first-order valence-electron chi connectivity index (χ1n) is 14.9. The SMILES string of the molecule is C=C/C=C(\C=C(/C)CCc1ccc(N(/C(=C/C=C)c2ccccc2C)c2cccc3ccccc23)cc1)c1ccccc1. The highest BCUT2D eigenvalue weighted by molar-refractivity contribution is 6.02. The number of benzene rings is 5. The Morgan fingerprint density at radius 1 is 0.698 bits per heavy atom. The zero-order valence-corrected chi connectivity index (χ0v) is 25.2. The van der Waals surface area contributed by atoms with Gasteiger partial charge in [0.1, 0.15) is 0 Å². The van der Waals surface area contributed by atoms with Gasteiger partial charge in [0.2, 0.25) is 0 Å². The van der Waals surface area contributed by atoms with E-state index in [4.69, 9.17) is 0 Å². The highest BCUT2D eigenvalue weighted by Crippen LogP contribution is 2.39. The van der Waals surface area contributed by atoms with Crippen molar-refractivity contribution in [1.29, 1.82) is 0 Å². The van der Waals surface area contributed by atoms with Gasteiger partial charge in [0.15, 0.2) is 0 Å². The summed E-state index contributed by atoms with van der Waals surface area (Å²) in [6, 6.07) is 43.2. The molecule has 0 N–H and O–H groups in total. The van der Waals surface area contributed by atoms with Gasteiger partial charge < -0.3 is 4.90 Å². The van der Waals surface area contributed by atoms with E-state index in [1.807, 2.05) is 18.2 Å². The fourth-order valence-corrected chi connectivity index (χ4v) is 5.54. The standard InChI is InChI=1S/C42H39N/c1-5-15-37(35-18-8-7-9-19-35)31-32(3)25-26-34-27-29-38(30-28-34)43(41(16-6-2)39-22-12-10-17-33(39)4)42-24-14-21-36-20-11-13-23-40(36)42/h5-24,27-31H,1-2,25-26H2,3-4H3/b32-31+,37-15+,41-16+. The number of rotatable bonds is 11. The summed E-state index contributed by atoms with van der Waals surface area (Å²) in [5.41, 5.74) is 10.8. The van der Waals surface area contributed by atoms with Gasteiger partial charge in [0.05, 0.1) is 11.4 Å². The van der Waals surface area contributed by atoms with Crippen molar-refractivity contribution in [2.24, 2.45) is 0 Å². The highest BCUT2D eigenvalue weighted by Gasteiger charge is 2.19. The Bertz CT molecular complexity index is 1790. The van der Waals surface area contributed by atoms with E-state index in [2.05, 4.69) is 165 Å². The summed E-state index contributed by atoms with van der Waals surface area (Å²) in [7, 11) is 0. The molecule has 0 fully saturated rings. The van der Waals surface area contributed by atoms with Crippen molar-refractivity contribution >= 4 is 33.4 Å². The van der Waals surface area contributed by atoms with E-state index in [0.717, 1.165) is 29.9 Å². The van der Waals surface area contributed by atoms with Crippen LogP contribution in [0.1, 0.15) is 35.6 Å². The maximum Gasteiger partial charge on any atom is 0.0540 e. The Morgan fingerprint density at radius 2 is 1.37 bits per heavy atom. The van der Waals surface area contributed by atoms with Gasteiger partial charge in [-0.05, 0) is 78.6 Å². The average molecular weight is 558 g/mol. The lowest BCUT2D eigenvalue weighted by Gasteiger charge is -2.30. The van der Waals surface area contributed by atoms with Crippen LogP contribution >= 0.6 is 0 Å². The third-order valence-corrected chi connectivity index (χ3v) is 7.75. The van der Waals surface area contributed by atoms with Crippen molar-refractivity contribution in [3.8, 4) is 0 Å². The van der Waals surface area contributed by atoms with Crippen LogP contribution in [-0.2, 0) is 6.42 Å². The zero-order valence-electron chi connectivity index (χ0n) is 25.2. The summed E-state index contributed by atoms with van der Waals surface area (Å²) in [5.74, 6) is 0. The lowest BCUT2D eigenvalue weighted by molar-refractivity contribution is 0.942. The van der Waals surface area contributed by atoms with Crippen LogP contribution in [0.2, 0.25) is 0 Å². The molecule has 212 valence electrons. The Labute approximate surface area is 257 Å². The minimum Gasteiger partial charge on any atom is -0.309 e. The molecule has 0 heterocycles. The van der Waals surface area contributed by atoms with Crippen molar-refractivity contribution in [1.82, 2.24) is 0 Å². The molecule has 0 saturated carbocycles. The Kier molecular flexibility index (Phi) is 9.67. The van der Waals surface area contributed by atoms with Gasteiger partial charge in [-0.3, -0.25) is 0 Å². The fourth-order valence-electron chi connectivity index (χ4n) is 5.54. The lowest BCUT2D eigenvalue weighted by Crippen LogP contribution is -2.16. The number of allylic oxidation sites excluding steroid dienone is 7. The molecule has 0 aromatic heterocycles. The Balaban J connectivity index is 1.48. The van der Waals surface area contributed by atoms with Crippen LogP contribution in [0, 0.1) is 6.92 Å². The third-order valence-electron chi connectivity index (χ3n) is 7.75. The molecule has 0 saturated heterocycles. The van der Waals surface area contributed by atoms with Crippen molar-refractivity contribution in [3.05, 3.63) is 193 Å². The topological polar surface area (TPSA) is 3.24 Å². The van der Waals surface area contributed by atoms with Crippen LogP contribution in [0.5, 0.6) is 0 Å². The molecule has 0 bridgehead atoms. The summed E-state index contributed by atoms with van der Waals surface area (Å²) < 4.78 is 0. The second-order valence-electron chi connectivity index (χ2n) is 10.8. The fraction of sp³-hybridized carbons (Fsp3) is 0.0952. The molecule has 0 aliphatic rings. The first-order chi connectivity index (χ1) is 21.1. The van der Waals surface area contributed by atoms with Crippen molar-refractivity contribution in [2.75, 3.05) is 4.90 Å². The molecule has 43 heavy (non-hydrogen) atoms. The molecule has 1 heteroatoms. The molecule has 5 rings (SSSR count). The molecule has 5 aromatic rings. The molecule has 0 amide bonds. The van der Waals surface area contributed by atoms with E-state index in [-0.39, 0.29) is 0 Å². The Hall–Kier alpha value is -5.14. The van der Waals surface area contributed by atoms with Gasteiger partial charge in [-0.1, -0.05) is 146 Å². The normalized spacial score (nSPS) is 12.3. The second-order valence-corrected chi connectivity index (χ2v) is 10.8. The molecular weight excluding hydrogens is 518 g/mol. The van der Waals surface area contributed by atoms with Crippen LogP contribution in [0.3, 0.4) is 0 Å². The first kappa shape index (κ1) is 29.4. The number of fused-ring (bicyclic) bond motifs is 1. The highest BCUT2D eigenvalue weighted by atomic mass is 15.2. The zero-order chi connectivity index (χ0) is 30.0. The van der Waals surface area contributed by atoms with E-state index in [0.29, 0.717) is 0 Å². The number of hydrogen-bond donors (Lipinski definition) is 0. The molecule has 1 nitrogen and oxygen atoms in total. The third kappa shape index (κ3) is 7.02. The monoisotopic (exact) mass is 557 g/mol. The second kappa shape index (κ2) is 14.2. The summed E-state index contributed by atoms with van der Waals surface area (Å²) in [5, 5.41) is 2.42. The van der Waals surface area contributed by atoms with Crippen LogP contribution < -0.4 is 4.90 Å². The number of nitrogens with zero attached hydrogens (tertiary/aromatic N) is 1. The van der Waals surface area contributed by atoms with Gasteiger partial charge in [-0.15, -0.1) is 0 Å². The van der Waals surface area contributed by atoms with E-state index in [1.54, 1.807) is 0 Å². The predicted molar refractivity (Wildman–Crippen MR) is 189 cm³/mol. The quantitative estimate of drug-likeness (QED) is 0.146. The first-order valence-corrected chi connectivity index (χ1v) is 14.9. The minimum absolute atomic E-state index is 0.972. The molecule has 0 atom stereocenters. The van der Waals surface area contributed by atoms with E-state index >= 15 is 0 Å².